The summed E-state index contributed by atoms with van der Waals surface area (Å²) in [5.41, 5.74) is 1.43. The molecule has 0 aliphatic carbocycles. The van der Waals surface area contributed by atoms with E-state index in [4.69, 9.17) is 4.74 Å². The summed E-state index contributed by atoms with van der Waals surface area (Å²) in [5.74, 6) is 1.73. The summed E-state index contributed by atoms with van der Waals surface area (Å²) in [6, 6.07) is 6.66. The maximum Gasteiger partial charge on any atom is 0.123 e. The van der Waals surface area contributed by atoms with Crippen LogP contribution in [0.4, 0.5) is 0 Å². The van der Waals surface area contributed by atoms with Gasteiger partial charge in [0.05, 0.1) is 6.61 Å². The van der Waals surface area contributed by atoms with Gasteiger partial charge in [0.1, 0.15) is 5.75 Å². The fraction of sp³-hybridized carbons (Fsp3) is 0.429. The number of fused-ring (bicyclic) bond motifs is 3. The lowest BCUT2D eigenvalue weighted by molar-refractivity contribution is 0.289. The lowest BCUT2D eigenvalue weighted by atomic mass is 10.0. The summed E-state index contributed by atoms with van der Waals surface area (Å²) in [7, 11) is 0. The molecule has 16 heavy (non-hydrogen) atoms. The van der Waals surface area contributed by atoms with Gasteiger partial charge in [0.2, 0.25) is 0 Å². The average Bonchev–Trinajstić information content (AvgIpc) is 2.73. The highest BCUT2D eigenvalue weighted by atomic mass is 32.1. The molecule has 0 amide bonds. The Labute approximate surface area is 100 Å². The van der Waals surface area contributed by atoms with E-state index < -0.39 is 0 Å². The predicted molar refractivity (Wildman–Crippen MR) is 69.7 cm³/mol. The highest BCUT2D eigenvalue weighted by Crippen LogP contribution is 2.38. The molecule has 0 bridgehead atoms. The van der Waals surface area contributed by atoms with Crippen LogP contribution in [0, 0.1) is 0 Å². The van der Waals surface area contributed by atoms with Gasteiger partial charge in [-0.05, 0) is 42.3 Å². The highest BCUT2D eigenvalue weighted by molar-refractivity contribution is 7.19. The Morgan fingerprint density at radius 3 is 3.00 bits per heavy atom. The van der Waals surface area contributed by atoms with Crippen LogP contribution in [-0.2, 0) is 6.42 Å². The Morgan fingerprint density at radius 1 is 1.31 bits per heavy atom. The molecule has 0 fully saturated rings. The fourth-order valence-corrected chi connectivity index (χ4v) is 3.48. The monoisotopic (exact) mass is 232 g/mol. The zero-order chi connectivity index (χ0) is 11.1. The van der Waals surface area contributed by atoms with E-state index in [9.17, 15) is 0 Å². The molecule has 2 aromatic rings. The third kappa shape index (κ3) is 1.52. The van der Waals surface area contributed by atoms with Gasteiger partial charge in [-0.1, -0.05) is 13.8 Å². The second-order valence-corrected chi connectivity index (χ2v) is 5.80. The molecule has 1 nitrogen and oxygen atoms in total. The first-order chi connectivity index (χ1) is 7.75. The molecular weight excluding hydrogens is 216 g/mol. The standard InChI is InChI=1S/C14H16OS/c1-9(2)13-8-10-5-6-12-11(14(10)16-13)4-3-7-15-12/h5-6,8-9H,3-4,7H2,1-2H3. The van der Waals surface area contributed by atoms with Crippen LogP contribution in [0.25, 0.3) is 10.1 Å². The van der Waals surface area contributed by atoms with Crippen LogP contribution in [0.3, 0.4) is 0 Å². The second kappa shape index (κ2) is 3.77. The average molecular weight is 232 g/mol. The second-order valence-electron chi connectivity index (χ2n) is 4.72. The summed E-state index contributed by atoms with van der Waals surface area (Å²) in [6.07, 6.45) is 2.33. The van der Waals surface area contributed by atoms with Gasteiger partial charge in [0.15, 0.2) is 0 Å². The molecule has 2 heteroatoms. The van der Waals surface area contributed by atoms with Gasteiger partial charge in [-0.3, -0.25) is 0 Å². The van der Waals surface area contributed by atoms with Gasteiger partial charge < -0.3 is 4.74 Å². The molecule has 3 rings (SSSR count). The van der Waals surface area contributed by atoms with E-state index in [2.05, 4.69) is 32.0 Å². The molecule has 0 radical (unpaired) electrons. The van der Waals surface area contributed by atoms with Crippen LogP contribution in [-0.4, -0.2) is 6.61 Å². The largest absolute Gasteiger partial charge is 0.493 e. The molecule has 0 atom stereocenters. The topological polar surface area (TPSA) is 9.23 Å². The lowest BCUT2D eigenvalue weighted by Crippen LogP contribution is -2.07. The third-order valence-electron chi connectivity index (χ3n) is 3.16. The molecular formula is C14H16OS. The van der Waals surface area contributed by atoms with Crippen molar-refractivity contribution in [2.24, 2.45) is 0 Å². The molecule has 84 valence electrons. The van der Waals surface area contributed by atoms with E-state index in [0.29, 0.717) is 5.92 Å². The maximum absolute atomic E-state index is 5.71. The Bertz CT molecular complexity index is 525. The van der Waals surface area contributed by atoms with Crippen LogP contribution in [0.5, 0.6) is 5.75 Å². The van der Waals surface area contributed by atoms with Gasteiger partial charge >= 0.3 is 0 Å². The fourth-order valence-electron chi connectivity index (χ4n) is 2.25. The number of aryl methyl sites for hydroxylation is 1. The van der Waals surface area contributed by atoms with E-state index in [1.54, 1.807) is 0 Å². The van der Waals surface area contributed by atoms with Crippen molar-refractivity contribution in [2.45, 2.75) is 32.6 Å². The molecule has 0 saturated heterocycles. The summed E-state index contributed by atoms with van der Waals surface area (Å²) < 4.78 is 7.15. The number of hydrogen-bond acceptors (Lipinski definition) is 2. The Balaban J connectivity index is 2.22. The summed E-state index contributed by atoms with van der Waals surface area (Å²) in [6.45, 7) is 5.39. The highest BCUT2D eigenvalue weighted by Gasteiger charge is 2.16. The minimum absolute atomic E-state index is 0.623. The smallest absolute Gasteiger partial charge is 0.123 e. The number of hydrogen-bond donors (Lipinski definition) is 0. The van der Waals surface area contributed by atoms with E-state index >= 15 is 0 Å². The quantitative estimate of drug-likeness (QED) is 0.710. The predicted octanol–water partition coefficient (Wildman–Crippen LogP) is 4.35. The van der Waals surface area contributed by atoms with Crippen LogP contribution in [0.2, 0.25) is 0 Å². The van der Waals surface area contributed by atoms with Gasteiger partial charge in [0, 0.05) is 15.1 Å². The van der Waals surface area contributed by atoms with Crippen molar-refractivity contribution in [1.82, 2.24) is 0 Å². The van der Waals surface area contributed by atoms with Gasteiger partial charge in [-0.25, -0.2) is 0 Å². The van der Waals surface area contributed by atoms with Crippen molar-refractivity contribution in [1.29, 1.82) is 0 Å². The van der Waals surface area contributed by atoms with Crippen molar-refractivity contribution in [2.75, 3.05) is 6.61 Å². The number of ether oxygens (including phenoxy) is 1. The minimum atomic E-state index is 0.623. The molecule has 2 heterocycles. The van der Waals surface area contributed by atoms with Crippen LogP contribution in [0.1, 0.15) is 36.6 Å². The Morgan fingerprint density at radius 2 is 2.19 bits per heavy atom. The van der Waals surface area contributed by atoms with Crippen molar-refractivity contribution >= 4 is 21.4 Å². The maximum atomic E-state index is 5.71. The van der Waals surface area contributed by atoms with Gasteiger partial charge in [-0.15, -0.1) is 11.3 Å². The molecule has 0 N–H and O–H groups in total. The van der Waals surface area contributed by atoms with Crippen molar-refractivity contribution in [3.05, 3.63) is 28.6 Å². The normalized spacial score (nSPS) is 15.2. The molecule has 0 saturated carbocycles. The Hall–Kier alpha value is -1.02. The third-order valence-corrected chi connectivity index (χ3v) is 4.67. The lowest BCUT2D eigenvalue weighted by Gasteiger charge is -2.17. The first kappa shape index (κ1) is 10.2. The molecule has 1 aromatic heterocycles. The minimum Gasteiger partial charge on any atom is -0.493 e. The van der Waals surface area contributed by atoms with Crippen molar-refractivity contribution < 1.29 is 4.74 Å². The summed E-state index contributed by atoms with van der Waals surface area (Å²) in [4.78, 5) is 1.48. The van der Waals surface area contributed by atoms with Crippen molar-refractivity contribution in [3.8, 4) is 5.75 Å². The van der Waals surface area contributed by atoms with E-state index in [1.165, 1.54) is 26.9 Å². The van der Waals surface area contributed by atoms with Crippen LogP contribution >= 0.6 is 11.3 Å². The SMILES string of the molecule is CC(C)c1cc2ccc3c(c2s1)CCCO3. The number of rotatable bonds is 1. The number of benzene rings is 1. The van der Waals surface area contributed by atoms with Crippen molar-refractivity contribution in [3.63, 3.8) is 0 Å². The van der Waals surface area contributed by atoms with Crippen LogP contribution < -0.4 is 4.74 Å². The molecule has 0 spiro atoms. The van der Waals surface area contributed by atoms with E-state index in [0.717, 1.165) is 18.8 Å². The zero-order valence-electron chi connectivity index (χ0n) is 9.75. The van der Waals surface area contributed by atoms with Crippen LogP contribution in [0.15, 0.2) is 18.2 Å². The molecule has 0 unspecified atom stereocenters. The summed E-state index contributed by atoms with van der Waals surface area (Å²) in [5, 5.41) is 1.39. The first-order valence-electron chi connectivity index (χ1n) is 5.94. The molecule has 1 aliphatic rings. The van der Waals surface area contributed by atoms with E-state index in [1.807, 2.05) is 11.3 Å². The zero-order valence-corrected chi connectivity index (χ0v) is 10.6. The first-order valence-corrected chi connectivity index (χ1v) is 6.75. The van der Waals surface area contributed by atoms with Gasteiger partial charge in [0.25, 0.3) is 0 Å². The summed E-state index contributed by atoms with van der Waals surface area (Å²) >= 11 is 1.94. The molecule has 1 aliphatic heterocycles. The Kier molecular flexibility index (Phi) is 2.40. The molecule has 1 aromatic carbocycles. The van der Waals surface area contributed by atoms with Gasteiger partial charge in [-0.2, -0.15) is 0 Å². The number of thiophene rings is 1. The van der Waals surface area contributed by atoms with E-state index in [-0.39, 0.29) is 0 Å².